The molecule has 1 aliphatic heterocycles. The van der Waals surface area contributed by atoms with Crippen molar-refractivity contribution in [1.82, 2.24) is 15.2 Å². The van der Waals surface area contributed by atoms with Crippen LogP contribution in [0.5, 0.6) is 0 Å². The minimum absolute atomic E-state index is 0.143. The molecule has 5 heteroatoms. The highest BCUT2D eigenvalue weighted by molar-refractivity contribution is 5.99. The van der Waals surface area contributed by atoms with E-state index in [0.29, 0.717) is 12.5 Å². The monoisotopic (exact) mass is 313 g/mol. The van der Waals surface area contributed by atoms with Crippen LogP contribution in [0.3, 0.4) is 0 Å². The van der Waals surface area contributed by atoms with Crippen molar-refractivity contribution in [2.45, 2.75) is 19.8 Å². The van der Waals surface area contributed by atoms with Gasteiger partial charge in [0.2, 0.25) is 0 Å². The van der Waals surface area contributed by atoms with Crippen molar-refractivity contribution in [3.8, 4) is 0 Å². The van der Waals surface area contributed by atoms with Gasteiger partial charge in [-0.15, -0.1) is 0 Å². The molecule has 2 aromatic rings. The lowest BCUT2D eigenvalue weighted by molar-refractivity contribution is 0.0672. The summed E-state index contributed by atoms with van der Waals surface area (Å²) in [6.07, 6.45) is 2.11. The SMILES string of the molecule is CNCC1CCCN(C(=O)c2c(C)c3ccccc3[nH]c2=O)C1. The standard InChI is InChI=1S/C18H23N3O2/c1-12-14-7-3-4-8-15(14)20-17(22)16(12)18(23)21-9-5-6-13(11-21)10-19-2/h3-4,7-8,13,19H,5-6,9-11H2,1-2H3,(H,20,22). The van der Waals surface area contributed by atoms with Crippen LogP contribution >= 0.6 is 0 Å². The molecule has 5 nitrogen and oxygen atoms in total. The highest BCUT2D eigenvalue weighted by Gasteiger charge is 2.27. The van der Waals surface area contributed by atoms with Crippen LogP contribution in [0.15, 0.2) is 29.1 Å². The molecule has 0 saturated carbocycles. The average molecular weight is 313 g/mol. The van der Waals surface area contributed by atoms with E-state index in [1.807, 2.05) is 43.1 Å². The Kier molecular flexibility index (Phi) is 4.48. The van der Waals surface area contributed by atoms with Crippen LogP contribution < -0.4 is 10.9 Å². The normalized spacial score (nSPS) is 18.3. The maximum atomic E-state index is 12.9. The van der Waals surface area contributed by atoms with Gasteiger partial charge in [-0.3, -0.25) is 9.59 Å². The van der Waals surface area contributed by atoms with Crippen LogP contribution in [0.2, 0.25) is 0 Å². The number of benzene rings is 1. The number of aromatic amines is 1. The minimum atomic E-state index is -0.290. The number of fused-ring (bicyclic) bond motifs is 1. The number of likely N-dealkylation sites (tertiary alicyclic amines) is 1. The van der Waals surface area contributed by atoms with E-state index in [-0.39, 0.29) is 17.0 Å². The Morgan fingerprint density at radius 2 is 2.17 bits per heavy atom. The number of H-pyrrole nitrogens is 1. The van der Waals surface area contributed by atoms with Crippen molar-refractivity contribution in [2.75, 3.05) is 26.7 Å². The summed E-state index contributed by atoms with van der Waals surface area (Å²) in [5.41, 5.74) is 1.54. The van der Waals surface area contributed by atoms with Crippen molar-refractivity contribution < 1.29 is 4.79 Å². The van der Waals surface area contributed by atoms with Gasteiger partial charge in [0, 0.05) is 24.0 Å². The van der Waals surface area contributed by atoms with E-state index in [1.165, 1.54) is 0 Å². The van der Waals surface area contributed by atoms with Gasteiger partial charge in [0.25, 0.3) is 11.5 Å². The molecular formula is C18H23N3O2. The molecule has 2 heterocycles. The quantitative estimate of drug-likeness (QED) is 0.910. The first kappa shape index (κ1) is 15.7. The van der Waals surface area contributed by atoms with Crippen molar-refractivity contribution in [3.05, 3.63) is 45.7 Å². The fraction of sp³-hybridized carbons (Fsp3) is 0.444. The Hall–Kier alpha value is -2.14. The van der Waals surface area contributed by atoms with Gasteiger partial charge < -0.3 is 15.2 Å². The highest BCUT2D eigenvalue weighted by atomic mass is 16.2. The minimum Gasteiger partial charge on any atom is -0.338 e. The van der Waals surface area contributed by atoms with Gasteiger partial charge >= 0.3 is 0 Å². The van der Waals surface area contributed by atoms with Crippen LogP contribution in [-0.4, -0.2) is 42.5 Å². The molecule has 1 aromatic heterocycles. The number of aromatic nitrogens is 1. The molecule has 0 radical (unpaired) electrons. The largest absolute Gasteiger partial charge is 0.338 e. The van der Waals surface area contributed by atoms with E-state index in [4.69, 9.17) is 0 Å². The molecule has 0 bridgehead atoms. The lowest BCUT2D eigenvalue weighted by Gasteiger charge is -2.33. The number of nitrogens with zero attached hydrogens (tertiary/aromatic N) is 1. The summed E-state index contributed by atoms with van der Waals surface area (Å²) in [6, 6.07) is 7.61. The molecule has 1 amide bonds. The molecule has 23 heavy (non-hydrogen) atoms. The van der Waals surface area contributed by atoms with Gasteiger partial charge in [-0.05, 0) is 50.9 Å². The third-order valence-corrected chi connectivity index (χ3v) is 4.69. The summed E-state index contributed by atoms with van der Waals surface area (Å²) in [6.45, 7) is 4.20. The number of carbonyl (C=O) groups is 1. The maximum Gasteiger partial charge on any atom is 0.261 e. The topological polar surface area (TPSA) is 65.2 Å². The predicted molar refractivity (Wildman–Crippen MR) is 91.9 cm³/mol. The summed E-state index contributed by atoms with van der Waals surface area (Å²) in [5, 5.41) is 4.11. The highest BCUT2D eigenvalue weighted by Crippen LogP contribution is 2.21. The first-order valence-corrected chi connectivity index (χ1v) is 8.17. The third-order valence-electron chi connectivity index (χ3n) is 4.69. The van der Waals surface area contributed by atoms with Crippen LogP contribution in [0, 0.1) is 12.8 Å². The lowest BCUT2D eigenvalue weighted by atomic mass is 9.96. The third kappa shape index (κ3) is 3.01. The number of carbonyl (C=O) groups excluding carboxylic acids is 1. The number of nitrogens with one attached hydrogen (secondary N) is 2. The van der Waals surface area contributed by atoms with Gasteiger partial charge in [-0.25, -0.2) is 0 Å². The number of pyridine rings is 1. The number of rotatable bonds is 3. The summed E-state index contributed by atoms with van der Waals surface area (Å²) in [4.78, 5) is 30.0. The number of hydrogen-bond acceptors (Lipinski definition) is 3. The number of hydrogen-bond donors (Lipinski definition) is 2. The summed E-state index contributed by atoms with van der Waals surface area (Å²) >= 11 is 0. The van der Waals surface area contributed by atoms with Gasteiger partial charge in [0.1, 0.15) is 5.56 Å². The van der Waals surface area contributed by atoms with Crippen molar-refractivity contribution >= 4 is 16.8 Å². The zero-order valence-corrected chi connectivity index (χ0v) is 13.7. The number of piperidine rings is 1. The Bertz CT molecular complexity index is 779. The molecule has 0 aliphatic carbocycles. The molecule has 1 fully saturated rings. The maximum absolute atomic E-state index is 12.9. The zero-order valence-electron chi connectivity index (χ0n) is 13.7. The molecule has 1 saturated heterocycles. The van der Waals surface area contributed by atoms with E-state index in [1.54, 1.807) is 0 Å². The van der Waals surface area contributed by atoms with E-state index in [2.05, 4.69) is 10.3 Å². The van der Waals surface area contributed by atoms with Crippen LogP contribution in [-0.2, 0) is 0 Å². The Morgan fingerprint density at radius 3 is 2.96 bits per heavy atom. The van der Waals surface area contributed by atoms with Crippen molar-refractivity contribution in [2.24, 2.45) is 5.92 Å². The van der Waals surface area contributed by atoms with Crippen LogP contribution in [0.4, 0.5) is 0 Å². The zero-order chi connectivity index (χ0) is 16.4. The fourth-order valence-corrected chi connectivity index (χ4v) is 3.53. The molecule has 1 aromatic carbocycles. The molecule has 1 aliphatic rings. The second kappa shape index (κ2) is 6.54. The van der Waals surface area contributed by atoms with Crippen LogP contribution in [0.25, 0.3) is 10.9 Å². The second-order valence-electron chi connectivity index (χ2n) is 6.32. The van der Waals surface area contributed by atoms with Gasteiger partial charge in [-0.1, -0.05) is 18.2 Å². The molecule has 1 atom stereocenters. The molecular weight excluding hydrogens is 290 g/mol. The molecule has 1 unspecified atom stereocenters. The molecule has 2 N–H and O–H groups in total. The Balaban J connectivity index is 1.96. The van der Waals surface area contributed by atoms with E-state index < -0.39 is 0 Å². The van der Waals surface area contributed by atoms with Gasteiger partial charge in [-0.2, -0.15) is 0 Å². The molecule has 3 rings (SSSR count). The first-order chi connectivity index (χ1) is 11.1. The second-order valence-corrected chi connectivity index (χ2v) is 6.32. The van der Waals surface area contributed by atoms with Crippen molar-refractivity contribution in [1.29, 1.82) is 0 Å². The average Bonchev–Trinajstić information content (AvgIpc) is 2.55. The van der Waals surface area contributed by atoms with E-state index in [9.17, 15) is 9.59 Å². The summed E-state index contributed by atoms with van der Waals surface area (Å²) in [5.74, 6) is 0.313. The van der Waals surface area contributed by atoms with Crippen LogP contribution in [0.1, 0.15) is 28.8 Å². The fourth-order valence-electron chi connectivity index (χ4n) is 3.53. The van der Waals surface area contributed by atoms with Crippen molar-refractivity contribution in [3.63, 3.8) is 0 Å². The van der Waals surface area contributed by atoms with Gasteiger partial charge in [0.15, 0.2) is 0 Å². The smallest absolute Gasteiger partial charge is 0.261 e. The van der Waals surface area contributed by atoms with Gasteiger partial charge in [0.05, 0.1) is 0 Å². The summed E-state index contributed by atoms with van der Waals surface area (Å²) in [7, 11) is 1.93. The predicted octanol–water partition coefficient (Wildman–Crippen LogP) is 1.91. The number of amides is 1. The Morgan fingerprint density at radius 1 is 1.39 bits per heavy atom. The van der Waals surface area contributed by atoms with E-state index in [0.717, 1.165) is 42.4 Å². The van der Waals surface area contributed by atoms with E-state index >= 15 is 0 Å². The lowest BCUT2D eigenvalue weighted by Crippen LogP contribution is -2.44. The first-order valence-electron chi connectivity index (χ1n) is 8.17. The summed E-state index contributed by atoms with van der Waals surface area (Å²) < 4.78 is 0. The number of para-hydroxylation sites is 1. The molecule has 0 spiro atoms. The number of aryl methyl sites for hydroxylation is 1. The Labute approximate surface area is 135 Å². The molecule has 122 valence electrons.